The van der Waals surface area contributed by atoms with Crippen LogP contribution in [0, 0.1) is 27.2 Å². The zero-order chi connectivity index (χ0) is 20.8. The normalized spacial score (nSPS) is 9.89. The molecule has 0 aliphatic rings. The number of hydrogen-bond acceptors (Lipinski definition) is 7. The minimum Gasteiger partial charge on any atom is -0.298 e. The molecule has 0 atom stereocenters. The summed E-state index contributed by atoms with van der Waals surface area (Å²) in [6, 6.07) is 9.20. The molecule has 0 heterocycles. The van der Waals surface area contributed by atoms with Crippen molar-refractivity contribution in [2.24, 2.45) is 0 Å². The van der Waals surface area contributed by atoms with Gasteiger partial charge in [-0.05, 0) is 31.3 Å². The standard InChI is InChI=1S/C16H13N5O6S/c1-9-3-2-4-10(5-9)15(23)18-19-16(28)17-14(22)11-6-12(20(24)25)8-13(7-11)21(26)27/h2-8H,1H3,(H,18,23)(H2,17,19,22,28). The number of carbonyl (C=O) groups is 2. The fourth-order valence-corrected chi connectivity index (χ4v) is 2.26. The number of hydrazine groups is 1. The summed E-state index contributed by atoms with van der Waals surface area (Å²) in [7, 11) is 0. The molecule has 2 aromatic carbocycles. The third-order valence-electron chi connectivity index (χ3n) is 3.38. The number of carbonyl (C=O) groups excluding carboxylic acids is 2. The van der Waals surface area contributed by atoms with E-state index in [2.05, 4.69) is 16.2 Å². The van der Waals surface area contributed by atoms with E-state index in [9.17, 15) is 29.8 Å². The van der Waals surface area contributed by atoms with E-state index in [0.717, 1.165) is 23.8 Å². The van der Waals surface area contributed by atoms with Crippen molar-refractivity contribution in [1.29, 1.82) is 0 Å². The lowest BCUT2D eigenvalue weighted by Gasteiger charge is -2.11. The molecule has 0 radical (unpaired) electrons. The van der Waals surface area contributed by atoms with Gasteiger partial charge in [-0.1, -0.05) is 17.7 Å². The number of amides is 2. The Morgan fingerprint density at radius 1 is 0.893 bits per heavy atom. The van der Waals surface area contributed by atoms with E-state index in [-0.39, 0.29) is 10.7 Å². The first-order valence-electron chi connectivity index (χ1n) is 7.59. The maximum atomic E-state index is 12.2. The molecule has 0 aromatic heterocycles. The molecule has 28 heavy (non-hydrogen) atoms. The maximum absolute atomic E-state index is 12.2. The number of nitro benzene ring substituents is 2. The van der Waals surface area contributed by atoms with Gasteiger partial charge in [0.25, 0.3) is 23.2 Å². The highest BCUT2D eigenvalue weighted by Gasteiger charge is 2.20. The summed E-state index contributed by atoms with van der Waals surface area (Å²) in [6.07, 6.45) is 0. The Balaban J connectivity index is 2.04. The summed E-state index contributed by atoms with van der Waals surface area (Å²) < 4.78 is 0. The number of aryl methyl sites for hydroxylation is 1. The van der Waals surface area contributed by atoms with Gasteiger partial charge in [0, 0.05) is 17.7 Å². The largest absolute Gasteiger partial charge is 0.298 e. The van der Waals surface area contributed by atoms with Gasteiger partial charge in [0.05, 0.1) is 21.5 Å². The van der Waals surface area contributed by atoms with Gasteiger partial charge in [0.2, 0.25) is 0 Å². The zero-order valence-corrected chi connectivity index (χ0v) is 15.1. The van der Waals surface area contributed by atoms with E-state index >= 15 is 0 Å². The maximum Gasteiger partial charge on any atom is 0.277 e. The summed E-state index contributed by atoms with van der Waals surface area (Å²) in [5.41, 5.74) is 4.24. The van der Waals surface area contributed by atoms with Crippen molar-refractivity contribution in [2.45, 2.75) is 6.92 Å². The monoisotopic (exact) mass is 403 g/mol. The number of nitro groups is 2. The Morgan fingerprint density at radius 3 is 2.04 bits per heavy atom. The first-order valence-corrected chi connectivity index (χ1v) is 8.00. The fraction of sp³-hybridized carbons (Fsp3) is 0.0625. The molecule has 12 heteroatoms. The molecule has 0 spiro atoms. The Morgan fingerprint density at radius 2 is 1.50 bits per heavy atom. The second-order valence-electron chi connectivity index (χ2n) is 5.48. The molecular formula is C16H13N5O6S. The molecule has 144 valence electrons. The van der Waals surface area contributed by atoms with Crippen LogP contribution in [-0.2, 0) is 0 Å². The molecule has 0 fully saturated rings. The van der Waals surface area contributed by atoms with Gasteiger partial charge in [0.15, 0.2) is 5.11 Å². The Hall–Kier alpha value is -3.93. The highest BCUT2D eigenvalue weighted by molar-refractivity contribution is 7.80. The van der Waals surface area contributed by atoms with E-state index in [0.29, 0.717) is 5.56 Å². The number of thiocarbonyl (C=S) groups is 1. The number of benzene rings is 2. The third-order valence-corrected chi connectivity index (χ3v) is 3.59. The van der Waals surface area contributed by atoms with Gasteiger partial charge in [-0.25, -0.2) is 0 Å². The van der Waals surface area contributed by atoms with Crippen molar-refractivity contribution >= 4 is 40.5 Å². The first-order chi connectivity index (χ1) is 13.2. The van der Waals surface area contributed by atoms with Gasteiger partial charge >= 0.3 is 0 Å². The predicted molar refractivity (Wildman–Crippen MR) is 102 cm³/mol. The highest BCUT2D eigenvalue weighted by atomic mass is 32.1. The number of hydrogen-bond donors (Lipinski definition) is 3. The number of nitrogens with zero attached hydrogens (tertiary/aromatic N) is 2. The molecule has 0 saturated heterocycles. The van der Waals surface area contributed by atoms with Crippen molar-refractivity contribution in [1.82, 2.24) is 16.2 Å². The smallest absolute Gasteiger partial charge is 0.277 e. The van der Waals surface area contributed by atoms with Crippen molar-refractivity contribution < 1.29 is 19.4 Å². The molecule has 3 N–H and O–H groups in total. The summed E-state index contributed by atoms with van der Waals surface area (Å²) in [6.45, 7) is 1.81. The second kappa shape index (κ2) is 8.64. The molecule has 11 nitrogen and oxygen atoms in total. The third kappa shape index (κ3) is 5.28. The van der Waals surface area contributed by atoms with E-state index in [4.69, 9.17) is 12.2 Å². The van der Waals surface area contributed by atoms with E-state index in [1.807, 2.05) is 13.0 Å². The van der Waals surface area contributed by atoms with Crippen LogP contribution in [0.15, 0.2) is 42.5 Å². The average molecular weight is 403 g/mol. The lowest BCUT2D eigenvalue weighted by Crippen LogP contribution is -2.48. The first kappa shape index (κ1) is 20.4. The van der Waals surface area contributed by atoms with Crippen LogP contribution >= 0.6 is 12.2 Å². The topological polar surface area (TPSA) is 157 Å². The van der Waals surface area contributed by atoms with Gasteiger partial charge < -0.3 is 0 Å². The molecule has 0 aliphatic carbocycles. The Bertz CT molecular complexity index is 961. The van der Waals surface area contributed by atoms with Crippen LogP contribution in [0.5, 0.6) is 0 Å². The minimum absolute atomic E-state index is 0.305. The molecule has 0 bridgehead atoms. The minimum atomic E-state index is -0.922. The van der Waals surface area contributed by atoms with Gasteiger partial charge in [-0.15, -0.1) is 0 Å². The zero-order valence-electron chi connectivity index (χ0n) is 14.3. The summed E-state index contributed by atoms with van der Waals surface area (Å²) in [5.74, 6) is -1.43. The van der Waals surface area contributed by atoms with Crippen molar-refractivity contribution in [2.75, 3.05) is 0 Å². The number of rotatable bonds is 4. The van der Waals surface area contributed by atoms with Crippen LogP contribution < -0.4 is 16.2 Å². The molecule has 0 unspecified atom stereocenters. The second-order valence-corrected chi connectivity index (χ2v) is 5.89. The number of nitrogens with one attached hydrogen (secondary N) is 3. The van der Waals surface area contributed by atoms with Crippen LogP contribution in [0.2, 0.25) is 0 Å². The van der Waals surface area contributed by atoms with Gasteiger partial charge in [0.1, 0.15) is 0 Å². The average Bonchev–Trinajstić information content (AvgIpc) is 2.65. The summed E-state index contributed by atoms with van der Waals surface area (Å²) >= 11 is 4.87. The highest BCUT2D eigenvalue weighted by Crippen LogP contribution is 2.22. The molecule has 0 saturated carbocycles. The van der Waals surface area contributed by atoms with Crippen molar-refractivity contribution in [3.8, 4) is 0 Å². The van der Waals surface area contributed by atoms with E-state index in [1.165, 1.54) is 0 Å². The quantitative estimate of drug-likeness (QED) is 0.396. The van der Waals surface area contributed by atoms with E-state index < -0.39 is 33.0 Å². The van der Waals surface area contributed by atoms with Crippen LogP contribution in [0.4, 0.5) is 11.4 Å². The lowest BCUT2D eigenvalue weighted by atomic mass is 10.1. The van der Waals surface area contributed by atoms with Crippen LogP contribution in [0.3, 0.4) is 0 Å². The Kier molecular flexibility index (Phi) is 6.29. The molecule has 0 aliphatic heterocycles. The molecule has 2 aromatic rings. The van der Waals surface area contributed by atoms with Crippen LogP contribution in [-0.4, -0.2) is 26.8 Å². The Labute approximate surface area is 163 Å². The molecule has 2 rings (SSSR count). The molecular weight excluding hydrogens is 390 g/mol. The van der Waals surface area contributed by atoms with Crippen molar-refractivity contribution in [3.05, 3.63) is 79.4 Å². The lowest BCUT2D eigenvalue weighted by molar-refractivity contribution is -0.394. The summed E-state index contributed by atoms with van der Waals surface area (Å²) in [4.78, 5) is 44.2. The number of non-ortho nitro benzene ring substituents is 2. The van der Waals surface area contributed by atoms with Gasteiger partial charge in [-0.3, -0.25) is 46.0 Å². The predicted octanol–water partition coefficient (Wildman–Crippen LogP) is 1.76. The van der Waals surface area contributed by atoms with Crippen LogP contribution in [0.25, 0.3) is 0 Å². The molecule has 2 amide bonds. The summed E-state index contributed by atoms with van der Waals surface area (Å²) in [5, 5.41) is 23.6. The SMILES string of the molecule is Cc1cccc(C(=O)NNC(=S)NC(=O)c2cc([N+](=O)[O-])cc([N+](=O)[O-])c2)c1. The fourth-order valence-electron chi connectivity index (χ4n) is 2.12. The van der Waals surface area contributed by atoms with Gasteiger partial charge in [-0.2, -0.15) is 0 Å². The van der Waals surface area contributed by atoms with Crippen molar-refractivity contribution in [3.63, 3.8) is 0 Å². The van der Waals surface area contributed by atoms with E-state index in [1.54, 1.807) is 18.2 Å². The van der Waals surface area contributed by atoms with Crippen LogP contribution in [0.1, 0.15) is 26.3 Å².